The van der Waals surface area contributed by atoms with E-state index in [1.54, 1.807) is 0 Å². The molecule has 90 valence electrons. The van der Waals surface area contributed by atoms with Gasteiger partial charge >= 0.3 is 0 Å². The minimum absolute atomic E-state index is 0.0214. The van der Waals surface area contributed by atoms with Crippen LogP contribution in [0.15, 0.2) is 18.2 Å². The van der Waals surface area contributed by atoms with Crippen molar-refractivity contribution in [1.82, 2.24) is 0 Å². The van der Waals surface area contributed by atoms with Gasteiger partial charge in [0, 0.05) is 18.9 Å². The van der Waals surface area contributed by atoms with Crippen molar-refractivity contribution in [2.45, 2.75) is 18.9 Å². The zero-order valence-electron chi connectivity index (χ0n) is 8.89. The lowest BCUT2D eigenvalue weighted by Crippen LogP contribution is -2.19. The number of rotatable bonds is 2. The van der Waals surface area contributed by atoms with E-state index >= 15 is 0 Å². The van der Waals surface area contributed by atoms with E-state index in [9.17, 15) is 19.3 Å². The fourth-order valence-corrected chi connectivity index (χ4v) is 1.78. The molecule has 17 heavy (non-hydrogen) atoms. The molecule has 5 nitrogen and oxygen atoms in total. The second kappa shape index (κ2) is 4.58. The van der Waals surface area contributed by atoms with Crippen LogP contribution in [0, 0.1) is 15.9 Å². The van der Waals surface area contributed by atoms with Crippen LogP contribution in [0.1, 0.15) is 24.5 Å². The fraction of sp³-hybridized carbons (Fsp3) is 0.364. The number of nitro groups is 1. The Balaban J connectivity index is 2.31. The van der Waals surface area contributed by atoms with Gasteiger partial charge in [-0.3, -0.25) is 14.9 Å². The van der Waals surface area contributed by atoms with E-state index in [0.29, 0.717) is 12.0 Å². The summed E-state index contributed by atoms with van der Waals surface area (Å²) in [5, 5.41) is 10.6. The molecule has 1 heterocycles. The maximum Gasteiger partial charge on any atom is 0.272 e. The molecule has 0 spiro atoms. The Morgan fingerprint density at radius 1 is 1.41 bits per heavy atom. The van der Waals surface area contributed by atoms with Gasteiger partial charge in [-0.25, -0.2) is 4.39 Å². The van der Waals surface area contributed by atoms with Crippen LogP contribution in [-0.2, 0) is 9.53 Å². The first-order valence-electron chi connectivity index (χ1n) is 5.14. The van der Waals surface area contributed by atoms with Gasteiger partial charge in [0.05, 0.1) is 23.7 Å². The first-order chi connectivity index (χ1) is 8.06. The van der Waals surface area contributed by atoms with Gasteiger partial charge in [-0.15, -0.1) is 0 Å². The normalized spacial score (nSPS) is 20.3. The van der Waals surface area contributed by atoms with E-state index in [1.165, 1.54) is 6.07 Å². The minimum atomic E-state index is -0.698. The number of benzene rings is 1. The molecule has 1 atom stereocenters. The van der Waals surface area contributed by atoms with Crippen LogP contribution < -0.4 is 0 Å². The van der Waals surface area contributed by atoms with E-state index in [-0.39, 0.29) is 24.5 Å². The quantitative estimate of drug-likeness (QED) is 0.585. The Morgan fingerprint density at radius 2 is 2.18 bits per heavy atom. The molecular formula is C11H10FNO4. The summed E-state index contributed by atoms with van der Waals surface area (Å²) in [6, 6.07) is 3.25. The van der Waals surface area contributed by atoms with Gasteiger partial charge in [0.15, 0.2) is 0 Å². The molecule has 1 fully saturated rings. The topological polar surface area (TPSA) is 69.4 Å². The third-order valence-electron chi connectivity index (χ3n) is 2.60. The summed E-state index contributed by atoms with van der Waals surface area (Å²) in [6.45, 7) is 0.272. The van der Waals surface area contributed by atoms with Gasteiger partial charge in [-0.05, 0) is 11.6 Å². The van der Waals surface area contributed by atoms with E-state index in [1.807, 2.05) is 0 Å². The maximum absolute atomic E-state index is 13.2. The average Bonchev–Trinajstić information content (AvgIpc) is 2.28. The number of hydrogen-bond donors (Lipinski definition) is 0. The van der Waals surface area contributed by atoms with E-state index < -0.39 is 16.8 Å². The zero-order valence-corrected chi connectivity index (χ0v) is 8.89. The molecule has 2 rings (SSSR count). The van der Waals surface area contributed by atoms with Crippen molar-refractivity contribution < 1.29 is 18.8 Å². The summed E-state index contributed by atoms with van der Waals surface area (Å²) in [5.41, 5.74) is 0.00590. The number of ketones is 1. The van der Waals surface area contributed by atoms with E-state index in [0.717, 1.165) is 12.1 Å². The van der Waals surface area contributed by atoms with Crippen LogP contribution in [0.5, 0.6) is 0 Å². The standard InChI is InChI=1S/C11H10FNO4/c12-8-3-7(4-9(5-8)13(15)16)11-6-10(14)1-2-17-11/h3-5,11H,1-2,6H2. The van der Waals surface area contributed by atoms with Crippen LogP contribution in [0.4, 0.5) is 10.1 Å². The van der Waals surface area contributed by atoms with Gasteiger partial charge in [-0.1, -0.05) is 0 Å². The summed E-state index contributed by atoms with van der Waals surface area (Å²) in [5.74, 6) is -0.677. The fourth-order valence-electron chi connectivity index (χ4n) is 1.78. The number of ether oxygens (including phenoxy) is 1. The molecule has 0 radical (unpaired) electrons. The highest BCUT2D eigenvalue weighted by atomic mass is 19.1. The van der Waals surface area contributed by atoms with Crippen molar-refractivity contribution in [3.63, 3.8) is 0 Å². The Kier molecular flexibility index (Phi) is 3.14. The first kappa shape index (κ1) is 11.7. The smallest absolute Gasteiger partial charge is 0.272 e. The van der Waals surface area contributed by atoms with Crippen molar-refractivity contribution in [2.75, 3.05) is 6.61 Å². The summed E-state index contributed by atoms with van der Waals surface area (Å²) < 4.78 is 18.5. The number of non-ortho nitro benzene ring substituents is 1. The zero-order chi connectivity index (χ0) is 12.4. The molecule has 6 heteroatoms. The summed E-state index contributed by atoms with van der Waals surface area (Å²) >= 11 is 0. The number of nitrogens with zero attached hydrogens (tertiary/aromatic N) is 1. The molecule has 0 saturated carbocycles. The molecule has 1 unspecified atom stereocenters. The second-order valence-electron chi connectivity index (χ2n) is 3.85. The van der Waals surface area contributed by atoms with Gasteiger partial charge in [-0.2, -0.15) is 0 Å². The molecular weight excluding hydrogens is 229 g/mol. The van der Waals surface area contributed by atoms with Crippen molar-refractivity contribution in [3.05, 3.63) is 39.7 Å². The van der Waals surface area contributed by atoms with Crippen molar-refractivity contribution in [3.8, 4) is 0 Å². The van der Waals surface area contributed by atoms with Crippen LogP contribution in [0.3, 0.4) is 0 Å². The summed E-state index contributed by atoms with van der Waals surface area (Å²) in [4.78, 5) is 21.2. The Morgan fingerprint density at radius 3 is 2.82 bits per heavy atom. The average molecular weight is 239 g/mol. The summed E-state index contributed by atoms with van der Waals surface area (Å²) in [6.07, 6.45) is -0.0974. The molecule has 0 N–H and O–H groups in total. The Labute approximate surface area is 96.3 Å². The Hall–Kier alpha value is -1.82. The predicted molar refractivity (Wildman–Crippen MR) is 56.0 cm³/mol. The van der Waals surface area contributed by atoms with Gasteiger partial charge < -0.3 is 4.74 Å². The SMILES string of the molecule is O=C1CCOC(c2cc(F)cc([N+](=O)[O-])c2)C1. The van der Waals surface area contributed by atoms with Gasteiger partial charge in [0.25, 0.3) is 5.69 Å². The van der Waals surface area contributed by atoms with Crippen molar-refractivity contribution >= 4 is 11.5 Å². The molecule has 1 aromatic rings. The lowest BCUT2D eigenvalue weighted by molar-refractivity contribution is -0.385. The lowest BCUT2D eigenvalue weighted by atomic mass is 10.00. The Bertz CT molecular complexity index is 475. The monoisotopic (exact) mass is 239 g/mol. The van der Waals surface area contributed by atoms with Gasteiger partial charge in [0.1, 0.15) is 11.6 Å². The molecule has 0 aromatic heterocycles. The number of halogens is 1. The van der Waals surface area contributed by atoms with Crippen LogP contribution >= 0.6 is 0 Å². The molecule has 0 amide bonds. The molecule has 1 saturated heterocycles. The third kappa shape index (κ3) is 2.65. The van der Waals surface area contributed by atoms with E-state index in [4.69, 9.17) is 4.74 Å². The molecule has 1 aromatic carbocycles. The largest absolute Gasteiger partial charge is 0.373 e. The molecule has 0 aliphatic carbocycles. The predicted octanol–water partition coefficient (Wildman–Crippen LogP) is 2.15. The highest BCUT2D eigenvalue weighted by Gasteiger charge is 2.24. The summed E-state index contributed by atoms with van der Waals surface area (Å²) in [7, 11) is 0. The van der Waals surface area contributed by atoms with Crippen LogP contribution in [0.25, 0.3) is 0 Å². The molecule has 0 bridgehead atoms. The highest BCUT2D eigenvalue weighted by molar-refractivity contribution is 5.79. The number of Topliss-reactive ketones (excluding diaryl/α,β-unsaturated/α-hetero) is 1. The lowest BCUT2D eigenvalue weighted by Gasteiger charge is -2.21. The molecule has 1 aliphatic rings. The number of carbonyl (C=O) groups is 1. The third-order valence-corrected chi connectivity index (χ3v) is 2.60. The highest BCUT2D eigenvalue weighted by Crippen LogP contribution is 2.29. The van der Waals surface area contributed by atoms with Gasteiger partial charge in [0.2, 0.25) is 0 Å². The molecule has 1 aliphatic heterocycles. The second-order valence-corrected chi connectivity index (χ2v) is 3.85. The van der Waals surface area contributed by atoms with Crippen molar-refractivity contribution in [2.24, 2.45) is 0 Å². The van der Waals surface area contributed by atoms with Crippen LogP contribution in [0.2, 0.25) is 0 Å². The maximum atomic E-state index is 13.2. The van der Waals surface area contributed by atoms with E-state index in [2.05, 4.69) is 0 Å². The van der Waals surface area contributed by atoms with Crippen molar-refractivity contribution in [1.29, 1.82) is 0 Å². The number of carbonyl (C=O) groups excluding carboxylic acids is 1. The minimum Gasteiger partial charge on any atom is -0.373 e. The number of hydrogen-bond acceptors (Lipinski definition) is 4. The van der Waals surface area contributed by atoms with Crippen LogP contribution in [-0.4, -0.2) is 17.3 Å². The number of nitro benzene ring substituents is 1. The first-order valence-corrected chi connectivity index (χ1v) is 5.14.